The van der Waals surface area contributed by atoms with Crippen molar-refractivity contribution in [1.82, 2.24) is 14.5 Å². The highest BCUT2D eigenvalue weighted by Gasteiger charge is 2.37. The molecule has 3 aromatic carbocycles. The van der Waals surface area contributed by atoms with E-state index in [9.17, 15) is 36.2 Å². The summed E-state index contributed by atoms with van der Waals surface area (Å²) in [5.41, 5.74) is -0.165. The van der Waals surface area contributed by atoms with Crippen molar-refractivity contribution in [3.05, 3.63) is 87.7 Å². The highest BCUT2D eigenvalue weighted by atomic mass is 19.4. The fraction of sp³-hybridized carbons (Fsp3) is 0.375. The van der Waals surface area contributed by atoms with Crippen LogP contribution in [0.25, 0.3) is 11.0 Å². The number of carboxylic acid groups (broad SMARTS) is 1. The first kappa shape index (κ1) is 32.6. The zero-order chi connectivity index (χ0) is 33.6. The molecule has 3 heterocycles. The third kappa shape index (κ3) is 6.72. The van der Waals surface area contributed by atoms with Gasteiger partial charge in [0.25, 0.3) is 0 Å². The number of carboxylic acids is 1. The molecular weight excluding hydrogens is 639 g/mol. The van der Waals surface area contributed by atoms with Crippen molar-refractivity contribution in [3.8, 4) is 11.5 Å². The van der Waals surface area contributed by atoms with Crippen LogP contribution in [-0.2, 0) is 37.0 Å². The van der Waals surface area contributed by atoms with Crippen LogP contribution in [0.3, 0.4) is 0 Å². The van der Waals surface area contributed by atoms with Crippen molar-refractivity contribution >= 4 is 17.0 Å². The zero-order valence-electron chi connectivity index (χ0n) is 24.8. The highest BCUT2D eigenvalue weighted by molar-refractivity contribution is 5.92. The number of aromatic nitrogens is 2. The van der Waals surface area contributed by atoms with Crippen molar-refractivity contribution in [2.45, 2.75) is 64.4 Å². The van der Waals surface area contributed by atoms with E-state index < -0.39 is 60.1 Å². The van der Waals surface area contributed by atoms with Crippen LogP contribution in [0.5, 0.6) is 11.5 Å². The summed E-state index contributed by atoms with van der Waals surface area (Å²) in [6, 6.07) is 6.93. The minimum absolute atomic E-state index is 0.000856. The number of hydrogen-bond acceptors (Lipinski definition) is 6. The molecule has 1 fully saturated rings. The van der Waals surface area contributed by atoms with E-state index in [1.165, 1.54) is 12.1 Å². The number of hydrogen-bond donors (Lipinski definition) is 1. The Morgan fingerprint density at radius 3 is 2.53 bits per heavy atom. The molecule has 15 heteroatoms. The monoisotopic (exact) mass is 667 g/mol. The zero-order valence-corrected chi connectivity index (χ0v) is 24.8. The Kier molecular flexibility index (Phi) is 8.78. The second-order valence-electron chi connectivity index (χ2n) is 11.4. The smallest absolute Gasteiger partial charge is 0.419 e. The summed E-state index contributed by atoms with van der Waals surface area (Å²) in [6.45, 7) is -0.609. The lowest BCUT2D eigenvalue weighted by Crippen LogP contribution is -2.36. The van der Waals surface area contributed by atoms with Crippen LogP contribution in [0.1, 0.15) is 57.8 Å². The van der Waals surface area contributed by atoms with Crippen molar-refractivity contribution in [2.75, 3.05) is 13.2 Å². The van der Waals surface area contributed by atoms with Gasteiger partial charge in [0.2, 0.25) is 0 Å². The number of halogens is 7. The molecule has 0 saturated carbocycles. The van der Waals surface area contributed by atoms with Gasteiger partial charge < -0.3 is 23.9 Å². The Labute approximate surface area is 263 Å². The normalized spacial score (nSPS) is 18.3. The molecule has 0 bridgehead atoms. The van der Waals surface area contributed by atoms with Crippen molar-refractivity contribution < 1.29 is 54.8 Å². The predicted molar refractivity (Wildman–Crippen MR) is 152 cm³/mol. The molecule has 0 aliphatic carbocycles. The van der Waals surface area contributed by atoms with E-state index in [2.05, 4.69) is 9.72 Å². The molecule has 0 spiro atoms. The summed E-state index contributed by atoms with van der Waals surface area (Å²) >= 11 is 0. The van der Waals surface area contributed by atoms with Crippen LogP contribution < -0.4 is 9.47 Å². The minimum atomic E-state index is -4.79. The van der Waals surface area contributed by atoms with Gasteiger partial charge in [0.1, 0.15) is 35.3 Å². The van der Waals surface area contributed by atoms with Crippen LogP contribution in [-0.4, -0.2) is 51.4 Å². The number of imidazole rings is 1. The van der Waals surface area contributed by atoms with Crippen LogP contribution in [0.15, 0.2) is 42.5 Å². The van der Waals surface area contributed by atoms with Crippen LogP contribution in [0, 0.1) is 11.6 Å². The van der Waals surface area contributed by atoms with Gasteiger partial charge in [0.05, 0.1) is 35.8 Å². The minimum Gasteiger partial charge on any atom is -0.488 e. The summed E-state index contributed by atoms with van der Waals surface area (Å²) < 4.78 is 114. The molecule has 1 N–H and O–H groups in total. The molecule has 1 aromatic heterocycles. The van der Waals surface area contributed by atoms with Gasteiger partial charge in [-0.1, -0.05) is 0 Å². The van der Waals surface area contributed by atoms with Gasteiger partial charge in [-0.05, 0) is 67.3 Å². The second-order valence-corrected chi connectivity index (χ2v) is 11.4. The Hall–Kier alpha value is -4.37. The number of carbonyl (C=O) groups is 1. The predicted octanol–water partition coefficient (Wildman–Crippen LogP) is 7.12. The Morgan fingerprint density at radius 2 is 1.89 bits per heavy atom. The average molecular weight is 668 g/mol. The molecule has 1 saturated heterocycles. The molecule has 4 aromatic rings. The van der Waals surface area contributed by atoms with Gasteiger partial charge in [0.15, 0.2) is 5.82 Å². The van der Waals surface area contributed by atoms with E-state index in [-0.39, 0.29) is 35.7 Å². The maximum Gasteiger partial charge on any atom is 0.419 e. The van der Waals surface area contributed by atoms with Crippen molar-refractivity contribution in [1.29, 1.82) is 0 Å². The van der Waals surface area contributed by atoms with E-state index in [4.69, 9.17) is 9.47 Å². The summed E-state index contributed by atoms with van der Waals surface area (Å²) in [5, 5.41) is 9.48. The number of aromatic carboxylic acids is 1. The van der Waals surface area contributed by atoms with E-state index in [0.717, 1.165) is 30.7 Å². The molecule has 250 valence electrons. The summed E-state index contributed by atoms with van der Waals surface area (Å²) in [6.07, 6.45) is -3.95. The fourth-order valence-electron chi connectivity index (χ4n) is 5.93. The number of fused-ring (bicyclic) bond motifs is 2. The third-order valence-electron chi connectivity index (χ3n) is 8.50. The number of benzene rings is 3. The topological polar surface area (TPSA) is 86.0 Å². The number of rotatable bonds is 10. The number of alkyl halides is 5. The fourth-order valence-corrected chi connectivity index (χ4v) is 5.93. The quantitative estimate of drug-likeness (QED) is 0.180. The van der Waals surface area contributed by atoms with E-state index in [1.807, 2.05) is 4.90 Å². The Bertz CT molecular complexity index is 1820. The van der Waals surface area contributed by atoms with Crippen LogP contribution in [0.4, 0.5) is 30.7 Å². The summed E-state index contributed by atoms with van der Waals surface area (Å²) in [4.78, 5) is 18.1. The average Bonchev–Trinajstić information content (AvgIpc) is 3.32. The Balaban J connectivity index is 1.29. The maximum absolute atomic E-state index is 15.0. The number of ether oxygens (including phenoxy) is 3. The molecule has 0 radical (unpaired) electrons. The van der Waals surface area contributed by atoms with E-state index in [1.54, 1.807) is 11.5 Å². The van der Waals surface area contributed by atoms with Gasteiger partial charge in [-0.2, -0.15) is 22.0 Å². The SMILES string of the molecule is C[C@H]1c2cc(OCc3ccc(OC(F)F)cc3F)c(C(F)(F)F)cc2CCN1Cc1nc2c(F)cc(C(=O)O)cc2n1C[C@@H]1CCO1. The highest BCUT2D eigenvalue weighted by Crippen LogP contribution is 2.42. The first-order valence-corrected chi connectivity index (χ1v) is 14.7. The molecule has 0 amide bonds. The van der Waals surface area contributed by atoms with Gasteiger partial charge in [-0.25, -0.2) is 18.6 Å². The van der Waals surface area contributed by atoms with Gasteiger partial charge in [-0.15, -0.1) is 0 Å². The van der Waals surface area contributed by atoms with E-state index in [0.29, 0.717) is 48.2 Å². The molecule has 2 atom stereocenters. The first-order valence-electron chi connectivity index (χ1n) is 14.7. The van der Waals surface area contributed by atoms with Crippen molar-refractivity contribution in [3.63, 3.8) is 0 Å². The first-order chi connectivity index (χ1) is 22.3. The largest absolute Gasteiger partial charge is 0.488 e. The lowest BCUT2D eigenvalue weighted by atomic mass is 9.91. The summed E-state index contributed by atoms with van der Waals surface area (Å²) in [5.74, 6) is -3.62. The van der Waals surface area contributed by atoms with Crippen molar-refractivity contribution in [2.24, 2.45) is 0 Å². The van der Waals surface area contributed by atoms with Gasteiger partial charge in [0, 0.05) is 30.8 Å². The lowest BCUT2D eigenvalue weighted by Gasteiger charge is -2.36. The second kappa shape index (κ2) is 12.7. The summed E-state index contributed by atoms with van der Waals surface area (Å²) in [7, 11) is 0. The molecule has 2 aliphatic heterocycles. The maximum atomic E-state index is 15.0. The van der Waals surface area contributed by atoms with Crippen LogP contribution >= 0.6 is 0 Å². The van der Waals surface area contributed by atoms with Crippen LogP contribution in [0.2, 0.25) is 0 Å². The van der Waals surface area contributed by atoms with E-state index >= 15 is 4.39 Å². The number of nitrogens with zero attached hydrogens (tertiary/aromatic N) is 3. The third-order valence-corrected chi connectivity index (χ3v) is 8.50. The molecule has 47 heavy (non-hydrogen) atoms. The molecular formula is C32H28F7N3O5. The van der Waals surface area contributed by atoms with Gasteiger partial charge in [-0.3, -0.25) is 4.90 Å². The molecule has 8 nitrogen and oxygen atoms in total. The molecule has 6 rings (SSSR count). The molecule has 2 aliphatic rings. The van der Waals surface area contributed by atoms with Gasteiger partial charge >= 0.3 is 18.8 Å². The lowest BCUT2D eigenvalue weighted by molar-refractivity contribution is -0.139. The molecule has 0 unspecified atom stereocenters. The standard InChI is InChI=1S/C32H28F7N3O5/c1-16-22-12-27(46-15-18-2-3-20(11-24(18)33)47-31(35)36)23(32(37,38)39)8-17(22)4-6-41(16)14-28-40-29-25(34)9-19(30(43)44)10-26(29)42(28)13-21-5-7-45-21/h2-3,8-12,16,21,31H,4-7,13-15H2,1H3,(H,43,44)/t16-,21-/m0/s1. The Morgan fingerprint density at radius 1 is 1.13 bits per heavy atom.